The molecule has 1 aliphatic rings. The van der Waals surface area contributed by atoms with Crippen molar-refractivity contribution >= 4 is 52.3 Å². The number of H-pyrrole nitrogens is 1. The molecule has 0 radical (unpaired) electrons. The van der Waals surface area contributed by atoms with Crippen molar-refractivity contribution in [2.45, 2.75) is 0 Å². The van der Waals surface area contributed by atoms with Gasteiger partial charge in [0, 0.05) is 5.56 Å². The van der Waals surface area contributed by atoms with Gasteiger partial charge in [0.05, 0.1) is 27.4 Å². The summed E-state index contributed by atoms with van der Waals surface area (Å²) in [6.07, 6.45) is 3.14. The van der Waals surface area contributed by atoms with Gasteiger partial charge in [0.25, 0.3) is 11.8 Å². The quantitative estimate of drug-likeness (QED) is 0.458. The Morgan fingerprint density at radius 1 is 0.900 bits per heavy atom. The van der Waals surface area contributed by atoms with Crippen molar-refractivity contribution in [1.82, 2.24) is 9.97 Å². The Morgan fingerprint density at radius 3 is 2.30 bits per heavy atom. The van der Waals surface area contributed by atoms with Gasteiger partial charge in [-0.05, 0) is 42.5 Å². The van der Waals surface area contributed by atoms with Crippen molar-refractivity contribution in [3.05, 3.63) is 94.0 Å². The van der Waals surface area contributed by atoms with Crippen LogP contribution in [0.15, 0.2) is 60.7 Å². The third kappa shape index (κ3) is 2.81. The number of aromatic amines is 1. The molecule has 5 nitrogen and oxygen atoms in total. The molecule has 146 valence electrons. The second kappa shape index (κ2) is 6.93. The van der Waals surface area contributed by atoms with Crippen LogP contribution in [0.5, 0.6) is 0 Å². The van der Waals surface area contributed by atoms with Crippen LogP contribution in [0.1, 0.15) is 32.1 Å². The van der Waals surface area contributed by atoms with Gasteiger partial charge in [-0.1, -0.05) is 41.9 Å². The summed E-state index contributed by atoms with van der Waals surface area (Å²) in [5.41, 5.74) is 2.05. The molecule has 1 aliphatic heterocycles. The molecule has 2 heterocycles. The average molecular weight is 418 g/mol. The maximum Gasteiger partial charge on any atom is 0.266 e. The van der Waals surface area contributed by atoms with Crippen LogP contribution >= 0.6 is 11.6 Å². The lowest BCUT2D eigenvalue weighted by Gasteiger charge is -2.15. The van der Waals surface area contributed by atoms with E-state index < -0.39 is 17.6 Å². The summed E-state index contributed by atoms with van der Waals surface area (Å²) in [6.45, 7) is 0. The number of amides is 2. The predicted molar refractivity (Wildman–Crippen MR) is 114 cm³/mol. The van der Waals surface area contributed by atoms with Gasteiger partial charge in [-0.25, -0.2) is 14.3 Å². The monoisotopic (exact) mass is 417 g/mol. The molecular formula is C23H13ClFN3O2. The van der Waals surface area contributed by atoms with Gasteiger partial charge in [0.2, 0.25) is 0 Å². The lowest BCUT2D eigenvalue weighted by atomic mass is 10.1. The van der Waals surface area contributed by atoms with Crippen molar-refractivity contribution in [2.75, 3.05) is 4.90 Å². The maximum absolute atomic E-state index is 15.2. The molecule has 4 aromatic rings. The van der Waals surface area contributed by atoms with Crippen molar-refractivity contribution in [3.8, 4) is 0 Å². The van der Waals surface area contributed by atoms with Crippen LogP contribution in [0.2, 0.25) is 5.02 Å². The number of carbonyl (C=O) groups is 2. The van der Waals surface area contributed by atoms with Crippen LogP contribution in [0.25, 0.3) is 23.2 Å². The van der Waals surface area contributed by atoms with E-state index in [9.17, 15) is 9.59 Å². The summed E-state index contributed by atoms with van der Waals surface area (Å²) in [4.78, 5) is 33.7. The minimum absolute atomic E-state index is 0.0870. The summed E-state index contributed by atoms with van der Waals surface area (Å²) in [6, 6.07) is 16.4. The smallest absolute Gasteiger partial charge is 0.266 e. The molecule has 1 N–H and O–H groups in total. The molecule has 0 bridgehead atoms. The molecule has 30 heavy (non-hydrogen) atoms. The molecule has 1 aromatic heterocycles. The van der Waals surface area contributed by atoms with E-state index in [0.29, 0.717) is 16.4 Å². The highest BCUT2D eigenvalue weighted by Gasteiger charge is 2.37. The van der Waals surface area contributed by atoms with Crippen LogP contribution in [-0.4, -0.2) is 21.8 Å². The Labute approximate surface area is 175 Å². The topological polar surface area (TPSA) is 66.1 Å². The highest BCUT2D eigenvalue weighted by atomic mass is 35.5. The minimum Gasteiger partial charge on any atom is -0.338 e. The van der Waals surface area contributed by atoms with Crippen molar-refractivity contribution in [2.24, 2.45) is 0 Å². The van der Waals surface area contributed by atoms with Gasteiger partial charge in [-0.2, -0.15) is 0 Å². The first-order valence-corrected chi connectivity index (χ1v) is 9.51. The summed E-state index contributed by atoms with van der Waals surface area (Å²) >= 11 is 6.14. The third-order valence-corrected chi connectivity index (χ3v) is 5.25. The largest absolute Gasteiger partial charge is 0.338 e. The first-order valence-electron chi connectivity index (χ1n) is 9.13. The fraction of sp³-hybridized carbons (Fsp3) is 0. The Morgan fingerprint density at radius 2 is 1.60 bits per heavy atom. The number of nitrogens with zero attached hydrogens (tertiary/aromatic N) is 2. The van der Waals surface area contributed by atoms with E-state index in [-0.39, 0.29) is 22.4 Å². The zero-order valence-corrected chi connectivity index (χ0v) is 16.2. The first kappa shape index (κ1) is 18.3. The Kier molecular flexibility index (Phi) is 4.22. The van der Waals surface area contributed by atoms with Gasteiger partial charge in [-0.15, -0.1) is 0 Å². The number of carbonyl (C=O) groups excluding carboxylic acids is 2. The fourth-order valence-electron chi connectivity index (χ4n) is 3.51. The molecule has 2 amide bonds. The van der Waals surface area contributed by atoms with Gasteiger partial charge in [-0.3, -0.25) is 9.59 Å². The minimum atomic E-state index is -0.669. The van der Waals surface area contributed by atoms with Crippen molar-refractivity contribution in [1.29, 1.82) is 0 Å². The molecule has 0 atom stereocenters. The van der Waals surface area contributed by atoms with Gasteiger partial charge in [0.15, 0.2) is 5.82 Å². The lowest BCUT2D eigenvalue weighted by Crippen LogP contribution is -2.30. The standard InChI is InChI=1S/C23H13ClFN3O2/c24-16-8-4-9-17-21(16)27-19(26-17)12-11-13-5-3-10-18(20(13)25)28-22(29)14-6-1-2-7-15(14)23(28)30/h1-12H,(H,26,27)/b12-11+. The Bertz CT molecular complexity index is 1340. The van der Waals surface area contributed by atoms with Crippen molar-refractivity contribution in [3.63, 3.8) is 0 Å². The Balaban J connectivity index is 1.51. The maximum atomic E-state index is 15.2. The first-order chi connectivity index (χ1) is 14.5. The van der Waals surface area contributed by atoms with Crippen LogP contribution in [0, 0.1) is 5.82 Å². The van der Waals surface area contributed by atoms with E-state index in [1.54, 1.807) is 48.5 Å². The molecule has 3 aromatic carbocycles. The molecule has 5 rings (SSSR count). The number of nitrogens with one attached hydrogen (secondary N) is 1. The van der Waals surface area contributed by atoms with E-state index in [4.69, 9.17) is 11.6 Å². The van der Waals surface area contributed by atoms with Crippen LogP contribution in [-0.2, 0) is 0 Å². The van der Waals surface area contributed by atoms with Crippen LogP contribution in [0.3, 0.4) is 0 Å². The van der Waals surface area contributed by atoms with Gasteiger partial charge < -0.3 is 4.98 Å². The molecule has 0 unspecified atom stereocenters. The summed E-state index contributed by atoms with van der Waals surface area (Å²) in [7, 11) is 0. The third-order valence-electron chi connectivity index (χ3n) is 4.95. The predicted octanol–water partition coefficient (Wildman–Crippen LogP) is 5.33. The average Bonchev–Trinajstić information content (AvgIpc) is 3.28. The highest BCUT2D eigenvalue weighted by molar-refractivity contribution is 6.35. The number of anilines is 1. The number of imidazole rings is 1. The van der Waals surface area contributed by atoms with E-state index in [1.807, 2.05) is 12.1 Å². The Hall–Kier alpha value is -3.77. The SMILES string of the molecule is O=C1c2ccccc2C(=O)N1c1cccc(/C=C/c2nc3c(Cl)cccc3[nH]2)c1F. The molecule has 0 spiro atoms. The summed E-state index contributed by atoms with van der Waals surface area (Å²) < 4.78 is 15.2. The number of rotatable bonds is 3. The zero-order valence-electron chi connectivity index (χ0n) is 15.4. The molecular weight excluding hydrogens is 405 g/mol. The normalized spacial score (nSPS) is 13.6. The molecule has 0 fully saturated rings. The van der Waals surface area contributed by atoms with Crippen LogP contribution in [0.4, 0.5) is 10.1 Å². The fourth-order valence-corrected chi connectivity index (χ4v) is 3.73. The van der Waals surface area contributed by atoms with E-state index >= 15 is 4.39 Å². The van der Waals surface area contributed by atoms with Crippen LogP contribution < -0.4 is 4.90 Å². The van der Waals surface area contributed by atoms with E-state index in [2.05, 4.69) is 9.97 Å². The zero-order chi connectivity index (χ0) is 20.8. The molecule has 7 heteroatoms. The number of fused-ring (bicyclic) bond motifs is 2. The number of imide groups is 1. The molecule has 0 saturated heterocycles. The number of para-hydroxylation sites is 1. The number of hydrogen-bond acceptors (Lipinski definition) is 3. The van der Waals surface area contributed by atoms with E-state index in [0.717, 1.165) is 10.4 Å². The van der Waals surface area contributed by atoms with Gasteiger partial charge in [0.1, 0.15) is 11.3 Å². The highest BCUT2D eigenvalue weighted by Crippen LogP contribution is 2.32. The number of aromatic nitrogens is 2. The number of halogens is 2. The lowest BCUT2D eigenvalue weighted by molar-refractivity contribution is 0.0925. The summed E-state index contributed by atoms with van der Waals surface area (Å²) in [5, 5.41) is 0.516. The van der Waals surface area contributed by atoms with E-state index in [1.165, 1.54) is 12.1 Å². The molecule has 0 saturated carbocycles. The number of benzene rings is 3. The van der Waals surface area contributed by atoms with Crippen molar-refractivity contribution < 1.29 is 14.0 Å². The second-order valence-electron chi connectivity index (χ2n) is 6.76. The summed E-state index contributed by atoms with van der Waals surface area (Å²) in [5.74, 6) is -1.24. The number of hydrogen-bond donors (Lipinski definition) is 1. The molecule has 0 aliphatic carbocycles. The second-order valence-corrected chi connectivity index (χ2v) is 7.17. The van der Waals surface area contributed by atoms with Gasteiger partial charge >= 0.3 is 0 Å².